The fourth-order valence-electron chi connectivity index (χ4n) is 1.48. The molecule has 1 unspecified atom stereocenters. The molecule has 0 spiro atoms. The van der Waals surface area contributed by atoms with Gasteiger partial charge in [-0.05, 0) is 30.2 Å². The maximum atomic E-state index is 11.2. The number of benzene rings is 1. The monoisotopic (exact) mass is 235 g/mol. The van der Waals surface area contributed by atoms with E-state index in [0.717, 1.165) is 13.1 Å². The van der Waals surface area contributed by atoms with Crippen molar-refractivity contribution in [3.63, 3.8) is 0 Å². The molecule has 0 saturated heterocycles. The largest absolute Gasteiger partial charge is 0.465 e. The van der Waals surface area contributed by atoms with Gasteiger partial charge in [0, 0.05) is 6.54 Å². The van der Waals surface area contributed by atoms with Crippen LogP contribution in [-0.4, -0.2) is 19.6 Å². The highest BCUT2D eigenvalue weighted by Gasteiger charge is 2.04. The molecule has 0 aromatic heterocycles. The first-order valence-electron chi connectivity index (χ1n) is 6.05. The molecule has 17 heavy (non-hydrogen) atoms. The van der Waals surface area contributed by atoms with Crippen molar-refractivity contribution in [2.24, 2.45) is 5.92 Å². The van der Waals surface area contributed by atoms with Crippen LogP contribution in [0.1, 0.15) is 36.2 Å². The van der Waals surface area contributed by atoms with E-state index in [4.69, 9.17) is 0 Å². The van der Waals surface area contributed by atoms with Gasteiger partial charge >= 0.3 is 5.97 Å². The number of ether oxygens (including phenoxy) is 1. The summed E-state index contributed by atoms with van der Waals surface area (Å²) in [5, 5.41) is 3.40. The SMILES string of the molecule is CCC(C)CNCc1ccc(C(=O)OC)cc1. The normalized spacial score (nSPS) is 12.2. The highest BCUT2D eigenvalue weighted by molar-refractivity contribution is 5.89. The standard InChI is InChI=1S/C14H21NO2/c1-4-11(2)9-15-10-12-5-7-13(8-6-12)14(16)17-3/h5-8,11,15H,4,9-10H2,1-3H3. The quantitative estimate of drug-likeness (QED) is 0.770. The van der Waals surface area contributed by atoms with E-state index in [2.05, 4.69) is 23.9 Å². The summed E-state index contributed by atoms with van der Waals surface area (Å²) >= 11 is 0. The summed E-state index contributed by atoms with van der Waals surface area (Å²) in [6.07, 6.45) is 1.19. The summed E-state index contributed by atoms with van der Waals surface area (Å²) in [5.74, 6) is 0.411. The van der Waals surface area contributed by atoms with Crippen LogP contribution in [0.3, 0.4) is 0 Å². The minimum Gasteiger partial charge on any atom is -0.465 e. The number of methoxy groups -OCH3 is 1. The molecule has 0 bridgehead atoms. The average Bonchev–Trinajstić information content (AvgIpc) is 2.38. The number of nitrogens with one attached hydrogen (secondary N) is 1. The highest BCUT2D eigenvalue weighted by atomic mass is 16.5. The number of carbonyl (C=O) groups is 1. The molecule has 0 aliphatic rings. The lowest BCUT2D eigenvalue weighted by atomic mass is 10.1. The molecule has 1 rings (SSSR count). The summed E-state index contributed by atoms with van der Waals surface area (Å²) < 4.78 is 4.65. The molecule has 1 atom stereocenters. The molecule has 0 radical (unpaired) electrons. The Labute approximate surface area is 103 Å². The van der Waals surface area contributed by atoms with Crippen LogP contribution >= 0.6 is 0 Å². The van der Waals surface area contributed by atoms with E-state index in [9.17, 15) is 4.79 Å². The van der Waals surface area contributed by atoms with Crippen molar-refractivity contribution in [3.8, 4) is 0 Å². The summed E-state index contributed by atoms with van der Waals surface area (Å²) in [4.78, 5) is 11.2. The smallest absolute Gasteiger partial charge is 0.337 e. The van der Waals surface area contributed by atoms with Crippen LogP contribution in [-0.2, 0) is 11.3 Å². The van der Waals surface area contributed by atoms with E-state index in [1.807, 2.05) is 12.1 Å². The van der Waals surface area contributed by atoms with Crippen molar-refractivity contribution in [1.29, 1.82) is 0 Å². The van der Waals surface area contributed by atoms with Gasteiger partial charge in [0.05, 0.1) is 12.7 Å². The summed E-state index contributed by atoms with van der Waals surface area (Å²) in [6.45, 7) is 6.28. The molecule has 1 aromatic rings. The maximum absolute atomic E-state index is 11.2. The van der Waals surface area contributed by atoms with Gasteiger partial charge in [-0.15, -0.1) is 0 Å². The number of esters is 1. The second kappa shape index (κ2) is 7.07. The molecular formula is C14H21NO2. The van der Waals surface area contributed by atoms with Crippen LogP contribution in [0, 0.1) is 5.92 Å². The molecular weight excluding hydrogens is 214 g/mol. The van der Waals surface area contributed by atoms with Crippen LogP contribution in [0.25, 0.3) is 0 Å². The Morgan fingerprint density at radius 3 is 2.53 bits per heavy atom. The first-order chi connectivity index (χ1) is 8.17. The van der Waals surface area contributed by atoms with Gasteiger partial charge in [-0.1, -0.05) is 32.4 Å². The minimum absolute atomic E-state index is 0.288. The predicted octanol–water partition coefficient (Wildman–Crippen LogP) is 2.61. The van der Waals surface area contributed by atoms with E-state index in [-0.39, 0.29) is 5.97 Å². The summed E-state index contributed by atoms with van der Waals surface area (Å²) in [5.41, 5.74) is 1.78. The molecule has 3 heteroatoms. The van der Waals surface area contributed by atoms with Crippen molar-refractivity contribution in [3.05, 3.63) is 35.4 Å². The molecule has 0 amide bonds. The highest BCUT2D eigenvalue weighted by Crippen LogP contribution is 2.06. The summed E-state index contributed by atoms with van der Waals surface area (Å²) in [7, 11) is 1.39. The van der Waals surface area contributed by atoms with Crippen LogP contribution < -0.4 is 5.32 Å². The van der Waals surface area contributed by atoms with Crippen molar-refractivity contribution in [1.82, 2.24) is 5.32 Å². The van der Waals surface area contributed by atoms with Crippen molar-refractivity contribution >= 4 is 5.97 Å². The number of hydrogen-bond acceptors (Lipinski definition) is 3. The lowest BCUT2D eigenvalue weighted by molar-refractivity contribution is 0.0600. The van der Waals surface area contributed by atoms with E-state index in [1.165, 1.54) is 19.1 Å². The van der Waals surface area contributed by atoms with Gasteiger partial charge in [0.2, 0.25) is 0 Å². The second-order valence-electron chi connectivity index (χ2n) is 4.33. The number of hydrogen-bond donors (Lipinski definition) is 1. The zero-order valence-electron chi connectivity index (χ0n) is 10.8. The van der Waals surface area contributed by atoms with Gasteiger partial charge in [0.1, 0.15) is 0 Å². The average molecular weight is 235 g/mol. The van der Waals surface area contributed by atoms with E-state index in [1.54, 1.807) is 12.1 Å². The first-order valence-corrected chi connectivity index (χ1v) is 6.05. The molecule has 0 saturated carbocycles. The van der Waals surface area contributed by atoms with Gasteiger partial charge in [0.25, 0.3) is 0 Å². The van der Waals surface area contributed by atoms with Crippen molar-refractivity contribution in [2.75, 3.05) is 13.7 Å². The topological polar surface area (TPSA) is 38.3 Å². The Kier molecular flexibility index (Phi) is 5.70. The summed E-state index contributed by atoms with van der Waals surface area (Å²) in [6, 6.07) is 7.50. The van der Waals surface area contributed by atoms with Gasteiger partial charge in [0.15, 0.2) is 0 Å². The van der Waals surface area contributed by atoms with Gasteiger partial charge in [-0.3, -0.25) is 0 Å². The molecule has 1 aromatic carbocycles. The Morgan fingerprint density at radius 1 is 1.35 bits per heavy atom. The fraction of sp³-hybridized carbons (Fsp3) is 0.500. The molecule has 0 heterocycles. The Morgan fingerprint density at radius 2 is 2.00 bits per heavy atom. The number of carbonyl (C=O) groups excluding carboxylic acids is 1. The molecule has 3 nitrogen and oxygen atoms in total. The third kappa shape index (κ3) is 4.57. The van der Waals surface area contributed by atoms with E-state index >= 15 is 0 Å². The Bertz CT molecular complexity index is 346. The van der Waals surface area contributed by atoms with Crippen LogP contribution in [0.2, 0.25) is 0 Å². The first kappa shape index (κ1) is 13.7. The zero-order chi connectivity index (χ0) is 12.7. The van der Waals surface area contributed by atoms with Gasteiger partial charge < -0.3 is 10.1 Å². The van der Waals surface area contributed by atoms with Gasteiger partial charge in [-0.2, -0.15) is 0 Å². The lowest BCUT2D eigenvalue weighted by Crippen LogP contribution is -2.20. The lowest BCUT2D eigenvalue weighted by Gasteiger charge is -2.10. The van der Waals surface area contributed by atoms with Crippen LogP contribution in [0.5, 0.6) is 0 Å². The van der Waals surface area contributed by atoms with Crippen LogP contribution in [0.4, 0.5) is 0 Å². The number of rotatable bonds is 6. The molecule has 1 N–H and O–H groups in total. The molecule has 94 valence electrons. The predicted molar refractivity (Wildman–Crippen MR) is 68.9 cm³/mol. The Hall–Kier alpha value is -1.35. The molecule has 0 aliphatic heterocycles. The third-order valence-corrected chi connectivity index (χ3v) is 2.89. The third-order valence-electron chi connectivity index (χ3n) is 2.89. The second-order valence-corrected chi connectivity index (χ2v) is 4.33. The maximum Gasteiger partial charge on any atom is 0.337 e. The fourth-order valence-corrected chi connectivity index (χ4v) is 1.48. The van der Waals surface area contributed by atoms with Crippen molar-refractivity contribution in [2.45, 2.75) is 26.8 Å². The minimum atomic E-state index is -0.288. The van der Waals surface area contributed by atoms with Crippen LogP contribution in [0.15, 0.2) is 24.3 Å². The zero-order valence-corrected chi connectivity index (χ0v) is 10.8. The Balaban J connectivity index is 2.43. The van der Waals surface area contributed by atoms with E-state index < -0.39 is 0 Å². The molecule has 0 aliphatic carbocycles. The van der Waals surface area contributed by atoms with Crippen molar-refractivity contribution < 1.29 is 9.53 Å². The molecule has 0 fully saturated rings. The van der Waals surface area contributed by atoms with E-state index in [0.29, 0.717) is 11.5 Å². The van der Waals surface area contributed by atoms with Gasteiger partial charge in [-0.25, -0.2) is 4.79 Å².